The topological polar surface area (TPSA) is 110 Å². The molecule has 152 valence electrons. The average molecular weight is 418 g/mol. The third-order valence-electron chi connectivity index (χ3n) is 5.38. The molecule has 1 aliphatic rings. The van der Waals surface area contributed by atoms with Crippen molar-refractivity contribution < 1.29 is 33.0 Å². The van der Waals surface area contributed by atoms with Gasteiger partial charge in [-0.05, 0) is 38.0 Å². The highest BCUT2D eigenvalue weighted by atomic mass is 31.2. The van der Waals surface area contributed by atoms with Crippen LogP contribution in [0, 0.1) is 0 Å². The molecule has 0 radical (unpaired) electrons. The molecule has 1 aromatic carbocycles. The quantitative estimate of drug-likeness (QED) is 0.392. The number of ether oxygens (including phenoxy) is 1. The Bertz CT molecular complexity index is 821. The third-order valence-corrected chi connectivity index (χ3v) is 12.0. The highest BCUT2D eigenvalue weighted by molar-refractivity contribution is 7.80. The van der Waals surface area contributed by atoms with Gasteiger partial charge in [0.1, 0.15) is 5.75 Å². The van der Waals surface area contributed by atoms with Crippen LogP contribution in [0.5, 0.6) is 5.75 Å². The van der Waals surface area contributed by atoms with E-state index in [4.69, 9.17) is 9.26 Å². The molecule has 2 rings (SSSR count). The number of fused-ring (bicyclic) bond motifs is 1. The molecule has 0 aromatic heterocycles. The zero-order chi connectivity index (χ0) is 20.7. The molecular formula is C18H28O7P2. The van der Waals surface area contributed by atoms with E-state index in [0.717, 1.165) is 0 Å². The lowest BCUT2D eigenvalue weighted by Crippen LogP contribution is -2.35. The molecule has 0 fully saturated rings. The summed E-state index contributed by atoms with van der Waals surface area (Å²) in [6, 6.07) is 4.64. The largest absolute Gasteiger partial charge is 0.426 e. The molecule has 2 N–H and O–H groups in total. The van der Waals surface area contributed by atoms with E-state index < -0.39 is 25.3 Å². The fraction of sp³-hybridized carbons (Fsp3) is 0.611. The predicted molar refractivity (Wildman–Crippen MR) is 104 cm³/mol. The van der Waals surface area contributed by atoms with Gasteiger partial charge >= 0.3 is 13.6 Å². The molecule has 0 aliphatic carbocycles. The molecule has 0 amide bonds. The van der Waals surface area contributed by atoms with Gasteiger partial charge in [-0.2, -0.15) is 0 Å². The van der Waals surface area contributed by atoms with Gasteiger partial charge in [0.05, 0.1) is 13.0 Å². The second-order valence-electron chi connectivity index (χ2n) is 7.42. The highest BCUT2D eigenvalue weighted by Crippen LogP contribution is 2.75. The molecule has 7 nitrogen and oxygen atoms in total. The van der Waals surface area contributed by atoms with Crippen LogP contribution in [0.4, 0.5) is 0 Å². The van der Waals surface area contributed by atoms with E-state index in [9.17, 15) is 23.7 Å². The molecule has 27 heavy (non-hydrogen) atoms. The maximum absolute atomic E-state index is 14.1. The lowest BCUT2D eigenvalue weighted by molar-refractivity contribution is -0.136. The Labute approximate surface area is 160 Å². The van der Waals surface area contributed by atoms with E-state index in [2.05, 4.69) is 0 Å². The van der Waals surface area contributed by atoms with Crippen molar-refractivity contribution in [2.75, 3.05) is 6.61 Å². The van der Waals surface area contributed by atoms with Crippen molar-refractivity contribution in [3.8, 4) is 5.75 Å². The summed E-state index contributed by atoms with van der Waals surface area (Å²) in [6.45, 7) is 8.66. The maximum atomic E-state index is 14.1. The summed E-state index contributed by atoms with van der Waals surface area (Å²) < 4.78 is 37.4. The third kappa shape index (κ3) is 3.56. The molecule has 1 heterocycles. The van der Waals surface area contributed by atoms with E-state index in [1.165, 1.54) is 12.1 Å². The van der Waals surface area contributed by atoms with E-state index in [-0.39, 0.29) is 37.1 Å². The zero-order valence-electron chi connectivity index (χ0n) is 16.4. The number of hydrogen-bond donors (Lipinski definition) is 2. The maximum Gasteiger partial charge on any atom is 0.341 e. The zero-order valence-corrected chi connectivity index (χ0v) is 18.2. The van der Waals surface area contributed by atoms with Gasteiger partial charge in [-0.3, -0.25) is 13.9 Å². The summed E-state index contributed by atoms with van der Waals surface area (Å²) in [5, 5.41) is 0.237. The van der Waals surface area contributed by atoms with Crippen molar-refractivity contribution in [3.63, 3.8) is 0 Å². The number of carbonyl (C=O) groups excluding carboxylic acids is 1. The molecular weight excluding hydrogens is 390 g/mol. The number of hydrogen-bond acceptors (Lipinski definition) is 5. The Morgan fingerprint density at radius 3 is 2.26 bits per heavy atom. The minimum Gasteiger partial charge on any atom is -0.426 e. The minimum atomic E-state index is -4.77. The van der Waals surface area contributed by atoms with Gasteiger partial charge in [-0.1, -0.05) is 27.7 Å². The van der Waals surface area contributed by atoms with Crippen molar-refractivity contribution in [2.24, 2.45) is 0 Å². The number of esters is 1. The van der Waals surface area contributed by atoms with Crippen LogP contribution in [0.3, 0.4) is 0 Å². The molecule has 1 aliphatic heterocycles. The van der Waals surface area contributed by atoms with Crippen molar-refractivity contribution in [3.05, 3.63) is 23.8 Å². The van der Waals surface area contributed by atoms with E-state index >= 15 is 0 Å². The normalized spacial score (nSPS) is 19.1. The van der Waals surface area contributed by atoms with Crippen LogP contribution < -0.4 is 10.0 Å². The molecule has 1 atom stereocenters. The summed E-state index contributed by atoms with van der Waals surface area (Å²) in [4.78, 5) is 30.2. The summed E-state index contributed by atoms with van der Waals surface area (Å²) in [5.41, 5.74) is 0.118. The Kier molecular flexibility index (Phi) is 6.16. The molecule has 0 saturated heterocycles. The number of carbonyl (C=O) groups is 1. The average Bonchev–Trinajstić information content (AvgIpc) is 2.54. The van der Waals surface area contributed by atoms with Gasteiger partial charge in [-0.15, -0.1) is 0 Å². The fourth-order valence-corrected chi connectivity index (χ4v) is 9.15. The fourth-order valence-electron chi connectivity index (χ4n) is 3.80. The monoisotopic (exact) mass is 418 g/mol. The van der Waals surface area contributed by atoms with Gasteiger partial charge in [0, 0.05) is 16.3 Å². The van der Waals surface area contributed by atoms with E-state index in [1.54, 1.807) is 26.8 Å². The van der Waals surface area contributed by atoms with Gasteiger partial charge in [0.15, 0.2) is 4.90 Å². The van der Waals surface area contributed by atoms with Crippen LogP contribution in [-0.2, 0) is 23.9 Å². The van der Waals surface area contributed by atoms with Crippen LogP contribution in [0.2, 0.25) is 0 Å². The standard InChI is InChI=1S/C18H28O7P2/c1-6-18(7-2,27(21,22)23)26(20,24-8-3)13-9-10-15-14(11-13)17(4,5)12-16(19)25-15/h9-11H,6-8,12H2,1-5H3,(H2,21,22,23). The lowest BCUT2D eigenvalue weighted by atomic mass is 9.79. The minimum absolute atomic E-state index is 0.000515. The van der Waals surface area contributed by atoms with E-state index in [1.807, 2.05) is 13.8 Å². The molecule has 9 heteroatoms. The first-order valence-electron chi connectivity index (χ1n) is 9.04. The van der Waals surface area contributed by atoms with Crippen molar-refractivity contribution in [1.82, 2.24) is 0 Å². The second-order valence-corrected chi connectivity index (χ2v) is 12.4. The van der Waals surface area contributed by atoms with Crippen LogP contribution >= 0.6 is 15.0 Å². The van der Waals surface area contributed by atoms with E-state index in [0.29, 0.717) is 11.3 Å². The summed E-state index contributed by atoms with van der Waals surface area (Å²) in [6.07, 6.45) is 0.161. The Morgan fingerprint density at radius 2 is 1.78 bits per heavy atom. The van der Waals surface area contributed by atoms with Crippen LogP contribution in [0.25, 0.3) is 0 Å². The molecule has 0 saturated carbocycles. The van der Waals surface area contributed by atoms with Gasteiger partial charge in [0.25, 0.3) is 0 Å². The smallest absolute Gasteiger partial charge is 0.341 e. The highest BCUT2D eigenvalue weighted by Gasteiger charge is 2.59. The van der Waals surface area contributed by atoms with Gasteiger partial charge in [0.2, 0.25) is 7.37 Å². The Balaban J connectivity index is 2.76. The predicted octanol–water partition coefficient (Wildman–Crippen LogP) is 3.91. The molecule has 0 spiro atoms. The first kappa shape index (κ1) is 22.3. The Morgan fingerprint density at radius 1 is 1.19 bits per heavy atom. The molecule has 0 bridgehead atoms. The van der Waals surface area contributed by atoms with Crippen LogP contribution in [0.1, 0.15) is 59.4 Å². The van der Waals surface area contributed by atoms with Crippen LogP contribution in [0.15, 0.2) is 18.2 Å². The van der Waals surface area contributed by atoms with Crippen LogP contribution in [-0.4, -0.2) is 27.3 Å². The number of benzene rings is 1. The lowest BCUT2D eigenvalue weighted by Gasteiger charge is -2.40. The van der Waals surface area contributed by atoms with Gasteiger partial charge in [-0.25, -0.2) is 0 Å². The molecule has 1 unspecified atom stereocenters. The second kappa shape index (κ2) is 7.46. The van der Waals surface area contributed by atoms with Crippen molar-refractivity contribution in [2.45, 2.75) is 64.2 Å². The Hall–Kier alpha value is -0.970. The first-order chi connectivity index (χ1) is 12.4. The van der Waals surface area contributed by atoms with Crippen molar-refractivity contribution >= 4 is 26.2 Å². The summed E-state index contributed by atoms with van der Waals surface area (Å²) >= 11 is 0. The molecule has 1 aromatic rings. The van der Waals surface area contributed by atoms with Crippen molar-refractivity contribution in [1.29, 1.82) is 0 Å². The SMILES string of the molecule is CCOP(=O)(c1ccc2c(c1)C(C)(C)CC(=O)O2)C(CC)(CC)P(=O)(O)O. The summed E-state index contributed by atoms with van der Waals surface area (Å²) in [5.74, 6) is 0.0257. The number of rotatable bonds is 7. The first-order valence-corrected chi connectivity index (χ1v) is 12.3. The van der Waals surface area contributed by atoms with Gasteiger partial charge < -0.3 is 19.0 Å². The summed E-state index contributed by atoms with van der Waals surface area (Å²) in [7, 11) is -8.72.